The van der Waals surface area contributed by atoms with Gasteiger partial charge in [0.25, 0.3) is 0 Å². The Morgan fingerprint density at radius 2 is 1.04 bits per heavy atom. The summed E-state index contributed by atoms with van der Waals surface area (Å²) in [5.74, 6) is 1.91. The lowest BCUT2D eigenvalue weighted by atomic mass is 9.91. The van der Waals surface area contributed by atoms with Gasteiger partial charge in [0, 0.05) is 62.4 Å². The summed E-state index contributed by atoms with van der Waals surface area (Å²) >= 11 is 3.62. The first-order valence-electron chi connectivity index (χ1n) is 16.3. The van der Waals surface area contributed by atoms with Gasteiger partial charge in [0.15, 0.2) is 11.6 Å². The Morgan fingerprint density at radius 3 is 1.96 bits per heavy atom. The van der Waals surface area contributed by atoms with Crippen LogP contribution in [0.1, 0.15) is 0 Å². The Morgan fingerprint density at radius 1 is 0.408 bits per heavy atom. The average Bonchev–Trinajstić information content (AvgIpc) is 3.73. The van der Waals surface area contributed by atoms with Crippen LogP contribution >= 0.6 is 22.7 Å². The van der Waals surface area contributed by atoms with E-state index in [2.05, 4.69) is 150 Å². The summed E-state index contributed by atoms with van der Waals surface area (Å²) in [7, 11) is 0. The first-order chi connectivity index (χ1) is 24.3. The second kappa shape index (κ2) is 10.3. The first kappa shape index (κ1) is 27.0. The van der Waals surface area contributed by atoms with Crippen molar-refractivity contribution in [1.82, 2.24) is 15.0 Å². The summed E-state index contributed by atoms with van der Waals surface area (Å²) in [4.78, 5) is 18.2. The van der Waals surface area contributed by atoms with Crippen molar-refractivity contribution in [2.75, 3.05) is 4.90 Å². The molecule has 0 bridgehead atoms. The van der Waals surface area contributed by atoms with Crippen LogP contribution in [0.5, 0.6) is 0 Å². The number of nitrogens with zero attached hydrogens (tertiary/aromatic N) is 4. The normalized spacial score (nSPS) is 12.4. The fourth-order valence-electron chi connectivity index (χ4n) is 7.51. The maximum Gasteiger partial charge on any atom is 0.238 e. The zero-order valence-corrected chi connectivity index (χ0v) is 27.6. The minimum Gasteiger partial charge on any atom is -0.278 e. The molecule has 0 amide bonds. The molecular formula is C43H24N4S2. The molecule has 6 heteroatoms. The van der Waals surface area contributed by atoms with E-state index in [1.165, 1.54) is 56.7 Å². The van der Waals surface area contributed by atoms with Crippen molar-refractivity contribution in [2.45, 2.75) is 0 Å². The molecule has 0 aliphatic carbocycles. The van der Waals surface area contributed by atoms with Crippen LogP contribution in [0, 0.1) is 0 Å². The molecule has 4 heterocycles. The summed E-state index contributed by atoms with van der Waals surface area (Å²) in [6.45, 7) is 0. The van der Waals surface area contributed by atoms with Crippen LogP contribution in [0.3, 0.4) is 0 Å². The fraction of sp³-hybridized carbons (Fsp3) is 0. The van der Waals surface area contributed by atoms with E-state index in [0.29, 0.717) is 17.6 Å². The topological polar surface area (TPSA) is 41.9 Å². The largest absolute Gasteiger partial charge is 0.278 e. The summed E-state index contributed by atoms with van der Waals surface area (Å²) in [5.41, 5.74) is 6.47. The van der Waals surface area contributed by atoms with Crippen molar-refractivity contribution < 1.29 is 0 Å². The third kappa shape index (κ3) is 3.99. The molecule has 7 aromatic carbocycles. The van der Waals surface area contributed by atoms with Gasteiger partial charge in [0.1, 0.15) is 0 Å². The number of anilines is 3. The zero-order chi connectivity index (χ0) is 32.1. The van der Waals surface area contributed by atoms with Gasteiger partial charge in [-0.1, -0.05) is 97.1 Å². The van der Waals surface area contributed by atoms with Gasteiger partial charge in [0.2, 0.25) is 5.95 Å². The van der Waals surface area contributed by atoms with E-state index in [9.17, 15) is 0 Å². The predicted molar refractivity (Wildman–Crippen MR) is 208 cm³/mol. The van der Waals surface area contributed by atoms with Gasteiger partial charge in [-0.15, -0.1) is 22.7 Å². The highest BCUT2D eigenvalue weighted by atomic mass is 32.1. The van der Waals surface area contributed by atoms with Crippen LogP contribution in [0.2, 0.25) is 0 Å². The average molecular weight is 661 g/mol. The van der Waals surface area contributed by atoms with Gasteiger partial charge in [-0.2, -0.15) is 9.97 Å². The minimum absolute atomic E-state index is 0.598. The van der Waals surface area contributed by atoms with Crippen molar-refractivity contribution >= 4 is 91.1 Å². The number of rotatable bonds is 3. The van der Waals surface area contributed by atoms with E-state index >= 15 is 0 Å². The van der Waals surface area contributed by atoms with Crippen molar-refractivity contribution in [3.05, 3.63) is 146 Å². The van der Waals surface area contributed by atoms with Crippen LogP contribution < -0.4 is 4.90 Å². The van der Waals surface area contributed by atoms with Gasteiger partial charge < -0.3 is 0 Å². The molecule has 0 saturated carbocycles. The second-order valence-electron chi connectivity index (χ2n) is 12.4. The molecule has 1 aliphatic heterocycles. The van der Waals surface area contributed by atoms with Crippen LogP contribution in [0.15, 0.2) is 146 Å². The fourth-order valence-corrected chi connectivity index (χ4v) is 9.73. The molecule has 11 rings (SSSR count). The van der Waals surface area contributed by atoms with E-state index in [-0.39, 0.29) is 0 Å². The molecule has 0 saturated heterocycles. The molecule has 4 nitrogen and oxygen atoms in total. The molecule has 0 radical (unpaired) electrons. The van der Waals surface area contributed by atoms with Gasteiger partial charge in [-0.3, -0.25) is 4.90 Å². The standard InChI is InChI=1S/C43H24N4S2/c1-4-17-33-27(12-1)29-15-7-10-25-11-8-18-34(39(25)29)47(33)43-45-41(26-22-23-37-32(24-26)28-13-2-5-19-35(28)48-37)44-42(46-43)31-16-9-21-38-40(31)30-14-3-6-20-36(30)49-38/h1-24H. The van der Waals surface area contributed by atoms with Crippen LogP contribution in [-0.4, -0.2) is 15.0 Å². The van der Waals surface area contributed by atoms with Gasteiger partial charge in [0.05, 0.1) is 11.4 Å². The lowest BCUT2D eigenvalue weighted by Crippen LogP contribution is -2.18. The molecule has 0 fully saturated rings. The Bertz CT molecular complexity index is 2970. The number of fused-ring (bicyclic) bond motifs is 8. The maximum absolute atomic E-state index is 5.36. The lowest BCUT2D eigenvalue weighted by Gasteiger charge is -2.32. The maximum atomic E-state index is 5.36. The highest BCUT2D eigenvalue weighted by molar-refractivity contribution is 7.26. The highest BCUT2D eigenvalue weighted by Crippen LogP contribution is 2.50. The van der Waals surface area contributed by atoms with E-state index < -0.39 is 0 Å². The van der Waals surface area contributed by atoms with E-state index in [1.807, 2.05) is 11.3 Å². The highest BCUT2D eigenvalue weighted by Gasteiger charge is 2.29. The second-order valence-corrected chi connectivity index (χ2v) is 14.6. The molecule has 1 aliphatic rings. The number of hydrogen-bond acceptors (Lipinski definition) is 6. The number of para-hydroxylation sites is 1. The molecular weight excluding hydrogens is 637 g/mol. The van der Waals surface area contributed by atoms with Crippen LogP contribution in [0.4, 0.5) is 17.3 Å². The molecule has 49 heavy (non-hydrogen) atoms. The smallest absolute Gasteiger partial charge is 0.238 e. The quantitative estimate of drug-likeness (QED) is 0.189. The number of benzene rings is 7. The van der Waals surface area contributed by atoms with E-state index in [0.717, 1.165) is 28.1 Å². The Kier molecular flexibility index (Phi) is 5.67. The molecule has 228 valence electrons. The number of aromatic nitrogens is 3. The molecule has 0 spiro atoms. The lowest BCUT2D eigenvalue weighted by molar-refractivity contribution is 1.03. The van der Waals surface area contributed by atoms with Crippen LogP contribution in [0.25, 0.3) is 85.0 Å². The summed E-state index contributed by atoms with van der Waals surface area (Å²) < 4.78 is 5.00. The molecule has 0 atom stereocenters. The van der Waals surface area contributed by atoms with E-state index in [4.69, 9.17) is 15.0 Å². The summed E-state index contributed by atoms with van der Waals surface area (Å²) in [6, 6.07) is 51.9. The third-order valence-electron chi connectivity index (χ3n) is 9.66. The summed E-state index contributed by atoms with van der Waals surface area (Å²) in [6.07, 6.45) is 0. The van der Waals surface area contributed by atoms with Crippen molar-refractivity contribution in [1.29, 1.82) is 0 Å². The van der Waals surface area contributed by atoms with Gasteiger partial charge in [-0.05, 0) is 59.5 Å². The van der Waals surface area contributed by atoms with E-state index in [1.54, 1.807) is 11.3 Å². The van der Waals surface area contributed by atoms with Crippen molar-refractivity contribution in [3.63, 3.8) is 0 Å². The minimum atomic E-state index is 0.598. The Hall–Kier alpha value is -5.95. The molecule has 3 aromatic heterocycles. The van der Waals surface area contributed by atoms with Gasteiger partial charge in [-0.25, -0.2) is 4.98 Å². The first-order valence-corrected chi connectivity index (χ1v) is 17.9. The summed E-state index contributed by atoms with van der Waals surface area (Å²) in [5, 5.41) is 7.25. The van der Waals surface area contributed by atoms with Crippen molar-refractivity contribution in [2.24, 2.45) is 0 Å². The predicted octanol–water partition coefficient (Wildman–Crippen LogP) is 12.5. The molecule has 0 unspecified atom stereocenters. The van der Waals surface area contributed by atoms with Crippen molar-refractivity contribution in [3.8, 4) is 33.9 Å². The molecule has 0 N–H and O–H groups in total. The SMILES string of the molecule is c1ccc2c(c1)-c1cccc3cccc(c13)N2c1nc(-c2ccc3sc4ccccc4c3c2)nc(-c2cccc3sc4ccccc4c23)n1. The third-order valence-corrected chi connectivity index (χ3v) is 11.9. The zero-order valence-electron chi connectivity index (χ0n) is 26.0. The number of hydrogen-bond donors (Lipinski definition) is 0. The molecule has 10 aromatic rings. The monoisotopic (exact) mass is 660 g/mol. The number of thiophene rings is 2. The van der Waals surface area contributed by atoms with Gasteiger partial charge >= 0.3 is 0 Å². The Balaban J connectivity index is 1.22. The van der Waals surface area contributed by atoms with Crippen LogP contribution in [-0.2, 0) is 0 Å². The Labute approximate surface area is 289 Å².